The second-order valence-electron chi connectivity index (χ2n) is 4.83. The maximum Gasteiger partial charge on any atom is 0.0725 e. The highest BCUT2D eigenvalue weighted by Crippen LogP contribution is 2.27. The molecule has 0 radical (unpaired) electrons. The van der Waals surface area contributed by atoms with Crippen LogP contribution < -0.4 is 0 Å². The quantitative estimate of drug-likeness (QED) is 0.750. The van der Waals surface area contributed by atoms with Gasteiger partial charge in [0.05, 0.1) is 13.2 Å². The van der Waals surface area contributed by atoms with Crippen molar-refractivity contribution in [3.63, 3.8) is 0 Å². The maximum atomic E-state index is 5.44. The van der Waals surface area contributed by atoms with E-state index in [0.717, 1.165) is 18.8 Å². The first kappa shape index (κ1) is 11.2. The van der Waals surface area contributed by atoms with Crippen LogP contribution in [-0.2, 0) is 18.0 Å². The van der Waals surface area contributed by atoms with Gasteiger partial charge >= 0.3 is 0 Å². The third-order valence-electron chi connectivity index (χ3n) is 3.43. The van der Waals surface area contributed by atoms with Crippen LogP contribution in [0.2, 0.25) is 0 Å². The van der Waals surface area contributed by atoms with Gasteiger partial charge in [-0.25, -0.2) is 0 Å². The van der Waals surface area contributed by atoms with Crippen LogP contribution >= 0.6 is 0 Å². The number of fused-ring (bicyclic) bond motifs is 1. The molecule has 90 valence electrons. The van der Waals surface area contributed by atoms with E-state index in [-0.39, 0.29) is 0 Å². The molecule has 0 unspecified atom stereocenters. The molecule has 1 aliphatic heterocycles. The summed E-state index contributed by atoms with van der Waals surface area (Å²) in [6.07, 6.45) is 0. The van der Waals surface area contributed by atoms with Crippen molar-refractivity contribution in [2.75, 3.05) is 0 Å². The average molecular weight is 236 g/mol. The van der Waals surface area contributed by atoms with E-state index in [9.17, 15) is 0 Å². The van der Waals surface area contributed by atoms with Gasteiger partial charge in [0.2, 0.25) is 0 Å². The molecule has 0 saturated heterocycles. The standard InChI is InChI=1S/C17H16O/c1-12(2)13-3-5-14(6-4-13)15-7-8-16-10-18-11-17(16)9-15/h3-9H,1,10-11H2,2H3. The summed E-state index contributed by atoms with van der Waals surface area (Å²) >= 11 is 0. The first-order valence-electron chi connectivity index (χ1n) is 6.20. The van der Waals surface area contributed by atoms with Crippen LogP contribution in [-0.4, -0.2) is 0 Å². The molecule has 0 amide bonds. The predicted octanol–water partition coefficient (Wildman–Crippen LogP) is 4.42. The van der Waals surface area contributed by atoms with Gasteiger partial charge in [0.1, 0.15) is 0 Å². The molecular weight excluding hydrogens is 220 g/mol. The minimum absolute atomic E-state index is 0.743. The van der Waals surface area contributed by atoms with Crippen molar-refractivity contribution in [2.45, 2.75) is 20.1 Å². The fraction of sp³-hybridized carbons (Fsp3) is 0.176. The third-order valence-corrected chi connectivity index (χ3v) is 3.43. The molecule has 0 saturated carbocycles. The van der Waals surface area contributed by atoms with Crippen LogP contribution in [0, 0.1) is 0 Å². The second kappa shape index (κ2) is 4.43. The minimum Gasteiger partial charge on any atom is -0.372 e. The summed E-state index contributed by atoms with van der Waals surface area (Å²) < 4.78 is 5.44. The lowest BCUT2D eigenvalue weighted by molar-refractivity contribution is 0.134. The summed E-state index contributed by atoms with van der Waals surface area (Å²) in [5.74, 6) is 0. The SMILES string of the molecule is C=C(C)c1ccc(-c2ccc3c(c2)COC3)cc1. The van der Waals surface area contributed by atoms with Gasteiger partial charge in [-0.3, -0.25) is 0 Å². The van der Waals surface area contributed by atoms with Crippen molar-refractivity contribution in [3.05, 3.63) is 65.7 Å². The molecule has 1 heterocycles. The van der Waals surface area contributed by atoms with Gasteiger partial charge in [-0.05, 0) is 40.8 Å². The number of rotatable bonds is 2. The first-order chi connectivity index (χ1) is 8.74. The summed E-state index contributed by atoms with van der Waals surface area (Å²) in [6, 6.07) is 15.1. The Kier molecular flexibility index (Phi) is 2.77. The Morgan fingerprint density at radius 2 is 1.61 bits per heavy atom. The molecule has 0 aromatic heterocycles. The number of ether oxygens (including phenoxy) is 1. The highest BCUT2D eigenvalue weighted by atomic mass is 16.5. The van der Waals surface area contributed by atoms with E-state index in [1.54, 1.807) is 0 Å². The van der Waals surface area contributed by atoms with E-state index in [0.29, 0.717) is 0 Å². The first-order valence-corrected chi connectivity index (χ1v) is 6.20. The zero-order valence-corrected chi connectivity index (χ0v) is 10.6. The molecule has 0 spiro atoms. The Bertz CT molecular complexity index is 594. The Labute approximate surface area is 108 Å². The monoisotopic (exact) mass is 236 g/mol. The van der Waals surface area contributed by atoms with Crippen molar-refractivity contribution in [2.24, 2.45) is 0 Å². The lowest BCUT2D eigenvalue weighted by Gasteiger charge is -2.06. The Morgan fingerprint density at radius 3 is 2.33 bits per heavy atom. The van der Waals surface area contributed by atoms with E-state index in [1.807, 2.05) is 6.92 Å². The summed E-state index contributed by atoms with van der Waals surface area (Å²) in [6.45, 7) is 7.49. The molecular formula is C17H16O. The van der Waals surface area contributed by atoms with E-state index in [4.69, 9.17) is 4.74 Å². The van der Waals surface area contributed by atoms with Crippen molar-refractivity contribution in [3.8, 4) is 11.1 Å². The molecule has 0 bridgehead atoms. The summed E-state index contributed by atoms with van der Waals surface area (Å²) in [5.41, 5.74) is 7.43. The topological polar surface area (TPSA) is 9.23 Å². The highest BCUT2D eigenvalue weighted by Gasteiger charge is 2.11. The minimum atomic E-state index is 0.743. The lowest BCUT2D eigenvalue weighted by atomic mass is 9.98. The van der Waals surface area contributed by atoms with Crippen molar-refractivity contribution in [1.82, 2.24) is 0 Å². The number of benzene rings is 2. The molecule has 0 N–H and O–H groups in total. The van der Waals surface area contributed by atoms with E-state index >= 15 is 0 Å². The maximum absolute atomic E-state index is 5.44. The second-order valence-corrected chi connectivity index (χ2v) is 4.83. The van der Waals surface area contributed by atoms with Gasteiger partial charge in [0, 0.05) is 0 Å². The fourth-order valence-corrected chi connectivity index (χ4v) is 2.30. The average Bonchev–Trinajstić information content (AvgIpc) is 2.86. The molecule has 0 atom stereocenters. The van der Waals surface area contributed by atoms with Crippen molar-refractivity contribution < 1.29 is 4.74 Å². The van der Waals surface area contributed by atoms with Crippen LogP contribution in [0.5, 0.6) is 0 Å². The Morgan fingerprint density at radius 1 is 0.944 bits per heavy atom. The molecule has 2 aromatic rings. The summed E-state index contributed by atoms with van der Waals surface area (Å²) in [5, 5.41) is 0. The van der Waals surface area contributed by atoms with Crippen molar-refractivity contribution >= 4 is 5.57 Å². The molecule has 18 heavy (non-hydrogen) atoms. The number of hydrogen-bond acceptors (Lipinski definition) is 1. The van der Waals surface area contributed by atoms with Crippen LogP contribution in [0.4, 0.5) is 0 Å². The van der Waals surface area contributed by atoms with Crippen LogP contribution in [0.3, 0.4) is 0 Å². The largest absolute Gasteiger partial charge is 0.372 e. The molecule has 1 heteroatoms. The van der Waals surface area contributed by atoms with Gasteiger partial charge in [-0.15, -0.1) is 0 Å². The third kappa shape index (κ3) is 1.98. The van der Waals surface area contributed by atoms with Crippen LogP contribution in [0.15, 0.2) is 49.0 Å². The summed E-state index contributed by atoms with van der Waals surface area (Å²) in [4.78, 5) is 0. The normalized spacial score (nSPS) is 13.4. The molecule has 1 aliphatic rings. The Hall–Kier alpha value is -1.86. The fourth-order valence-electron chi connectivity index (χ4n) is 2.30. The van der Waals surface area contributed by atoms with Gasteiger partial charge in [-0.2, -0.15) is 0 Å². The zero-order chi connectivity index (χ0) is 12.5. The predicted molar refractivity (Wildman–Crippen MR) is 75.1 cm³/mol. The van der Waals surface area contributed by atoms with Gasteiger partial charge in [0.25, 0.3) is 0 Å². The van der Waals surface area contributed by atoms with E-state index in [1.165, 1.54) is 27.8 Å². The van der Waals surface area contributed by atoms with E-state index in [2.05, 4.69) is 49.0 Å². The van der Waals surface area contributed by atoms with Gasteiger partial charge in [0.15, 0.2) is 0 Å². The van der Waals surface area contributed by atoms with Crippen LogP contribution in [0.1, 0.15) is 23.6 Å². The molecule has 0 fully saturated rings. The Balaban J connectivity index is 1.97. The number of allylic oxidation sites excluding steroid dienone is 1. The van der Waals surface area contributed by atoms with Gasteiger partial charge < -0.3 is 4.74 Å². The lowest BCUT2D eigenvalue weighted by Crippen LogP contribution is -1.85. The smallest absolute Gasteiger partial charge is 0.0725 e. The molecule has 3 rings (SSSR count). The van der Waals surface area contributed by atoms with E-state index < -0.39 is 0 Å². The highest BCUT2D eigenvalue weighted by molar-refractivity contribution is 5.69. The van der Waals surface area contributed by atoms with Crippen LogP contribution in [0.25, 0.3) is 16.7 Å². The summed E-state index contributed by atoms with van der Waals surface area (Å²) in [7, 11) is 0. The van der Waals surface area contributed by atoms with Crippen molar-refractivity contribution in [1.29, 1.82) is 0 Å². The molecule has 0 aliphatic carbocycles. The molecule has 1 nitrogen and oxygen atoms in total. The zero-order valence-electron chi connectivity index (χ0n) is 10.6. The molecule has 2 aromatic carbocycles. The van der Waals surface area contributed by atoms with Gasteiger partial charge in [-0.1, -0.05) is 48.6 Å². The number of hydrogen-bond donors (Lipinski definition) is 0.